The van der Waals surface area contributed by atoms with Crippen molar-refractivity contribution in [3.05, 3.63) is 23.8 Å². The third kappa shape index (κ3) is 4.20. The van der Waals surface area contributed by atoms with Gasteiger partial charge in [-0.1, -0.05) is 33.1 Å². The van der Waals surface area contributed by atoms with Crippen LogP contribution in [0.1, 0.15) is 45.1 Å². The van der Waals surface area contributed by atoms with Gasteiger partial charge in [0, 0.05) is 18.8 Å². The Morgan fingerprint density at radius 3 is 2.86 bits per heavy atom. The van der Waals surface area contributed by atoms with Gasteiger partial charge in [-0.15, -0.1) is 0 Å². The van der Waals surface area contributed by atoms with Crippen LogP contribution in [0.15, 0.2) is 23.1 Å². The summed E-state index contributed by atoms with van der Waals surface area (Å²) in [5.74, 6) is 0.427. The van der Waals surface area contributed by atoms with E-state index in [9.17, 15) is 8.42 Å². The van der Waals surface area contributed by atoms with Crippen LogP contribution >= 0.6 is 0 Å². The fourth-order valence-corrected chi connectivity index (χ4v) is 3.87. The zero-order valence-electron chi connectivity index (χ0n) is 13.0. The highest BCUT2D eigenvalue weighted by Crippen LogP contribution is 2.25. The van der Waals surface area contributed by atoms with E-state index in [1.54, 1.807) is 12.1 Å². The molecule has 118 valence electrons. The van der Waals surface area contributed by atoms with Gasteiger partial charge >= 0.3 is 0 Å². The maximum Gasteiger partial charge on any atom is 0.240 e. The van der Waals surface area contributed by atoms with Crippen molar-refractivity contribution in [1.29, 1.82) is 0 Å². The minimum absolute atomic E-state index is 0.385. The summed E-state index contributed by atoms with van der Waals surface area (Å²) in [6, 6.07) is 5.35. The molecule has 1 aliphatic rings. The molecular weight excluding hydrogens is 284 g/mol. The Hall–Kier alpha value is -1.07. The van der Waals surface area contributed by atoms with Gasteiger partial charge in [-0.05, 0) is 42.5 Å². The average Bonchev–Trinajstić information content (AvgIpc) is 2.95. The SMILES string of the molecule is CCCCC(CC)CNS(=O)(=O)c1ccc2c(c1)CCN2. The predicted molar refractivity (Wildman–Crippen MR) is 87.1 cm³/mol. The summed E-state index contributed by atoms with van der Waals surface area (Å²) in [6.45, 7) is 5.71. The lowest BCUT2D eigenvalue weighted by Crippen LogP contribution is -2.29. The highest BCUT2D eigenvalue weighted by molar-refractivity contribution is 7.89. The average molecular weight is 310 g/mol. The van der Waals surface area contributed by atoms with Gasteiger partial charge in [0.15, 0.2) is 0 Å². The van der Waals surface area contributed by atoms with E-state index in [-0.39, 0.29) is 0 Å². The number of hydrogen-bond acceptors (Lipinski definition) is 3. The third-order valence-corrected chi connectivity index (χ3v) is 5.62. The maximum atomic E-state index is 12.4. The Labute approximate surface area is 128 Å². The first-order valence-electron chi connectivity index (χ1n) is 7.93. The summed E-state index contributed by atoms with van der Waals surface area (Å²) in [5.41, 5.74) is 2.15. The Morgan fingerprint density at radius 1 is 1.33 bits per heavy atom. The van der Waals surface area contributed by atoms with Gasteiger partial charge in [0.1, 0.15) is 0 Å². The molecular formula is C16H26N2O2S. The second-order valence-electron chi connectivity index (χ2n) is 5.76. The molecule has 2 rings (SSSR count). The molecule has 0 spiro atoms. The predicted octanol–water partition coefficient (Wildman–Crippen LogP) is 3.15. The quantitative estimate of drug-likeness (QED) is 0.775. The van der Waals surface area contributed by atoms with Crippen LogP contribution < -0.4 is 10.0 Å². The van der Waals surface area contributed by atoms with Gasteiger partial charge in [0.05, 0.1) is 4.90 Å². The number of hydrogen-bond donors (Lipinski definition) is 2. The summed E-state index contributed by atoms with van der Waals surface area (Å²) in [5, 5.41) is 3.25. The molecule has 1 heterocycles. The van der Waals surface area contributed by atoms with E-state index < -0.39 is 10.0 Å². The number of unbranched alkanes of at least 4 members (excludes halogenated alkanes) is 1. The van der Waals surface area contributed by atoms with Crippen molar-refractivity contribution in [2.75, 3.05) is 18.4 Å². The molecule has 0 radical (unpaired) electrons. The van der Waals surface area contributed by atoms with Crippen LogP contribution in [-0.2, 0) is 16.4 Å². The lowest BCUT2D eigenvalue weighted by atomic mass is 10.00. The topological polar surface area (TPSA) is 58.2 Å². The maximum absolute atomic E-state index is 12.4. The van der Waals surface area contributed by atoms with Crippen molar-refractivity contribution in [2.24, 2.45) is 5.92 Å². The molecule has 1 unspecified atom stereocenters. The van der Waals surface area contributed by atoms with E-state index >= 15 is 0 Å². The molecule has 2 N–H and O–H groups in total. The van der Waals surface area contributed by atoms with Gasteiger partial charge in [0.25, 0.3) is 0 Å². The molecule has 21 heavy (non-hydrogen) atoms. The van der Waals surface area contributed by atoms with E-state index in [1.807, 2.05) is 6.07 Å². The molecule has 0 saturated carbocycles. The molecule has 1 aromatic carbocycles. The van der Waals surface area contributed by atoms with Crippen LogP contribution in [0.5, 0.6) is 0 Å². The fraction of sp³-hybridized carbons (Fsp3) is 0.625. The van der Waals surface area contributed by atoms with E-state index in [0.29, 0.717) is 17.4 Å². The second-order valence-corrected chi connectivity index (χ2v) is 7.53. The first-order chi connectivity index (χ1) is 10.1. The largest absolute Gasteiger partial charge is 0.384 e. The highest BCUT2D eigenvalue weighted by atomic mass is 32.2. The summed E-state index contributed by atoms with van der Waals surface area (Å²) in [7, 11) is -3.39. The van der Waals surface area contributed by atoms with E-state index in [1.165, 1.54) is 0 Å². The molecule has 1 atom stereocenters. The van der Waals surface area contributed by atoms with E-state index in [4.69, 9.17) is 0 Å². The van der Waals surface area contributed by atoms with Gasteiger partial charge in [0.2, 0.25) is 10.0 Å². The van der Waals surface area contributed by atoms with Gasteiger partial charge in [-0.3, -0.25) is 0 Å². The molecule has 5 heteroatoms. The molecule has 0 fully saturated rings. The molecule has 0 aliphatic carbocycles. The Kier molecular flexibility index (Phi) is 5.65. The highest BCUT2D eigenvalue weighted by Gasteiger charge is 2.19. The Balaban J connectivity index is 2.01. The van der Waals surface area contributed by atoms with Crippen molar-refractivity contribution in [3.63, 3.8) is 0 Å². The minimum atomic E-state index is -3.39. The van der Waals surface area contributed by atoms with Gasteiger partial charge in [-0.25, -0.2) is 13.1 Å². The fourth-order valence-electron chi connectivity index (χ4n) is 2.70. The number of rotatable bonds is 8. The van der Waals surface area contributed by atoms with Crippen molar-refractivity contribution in [1.82, 2.24) is 4.72 Å². The zero-order valence-corrected chi connectivity index (χ0v) is 13.8. The van der Waals surface area contributed by atoms with Crippen molar-refractivity contribution >= 4 is 15.7 Å². The van der Waals surface area contributed by atoms with E-state index in [0.717, 1.165) is 49.9 Å². The molecule has 1 aliphatic heterocycles. The summed E-state index contributed by atoms with van der Waals surface area (Å²) in [6.07, 6.45) is 5.30. The van der Waals surface area contributed by atoms with Crippen molar-refractivity contribution < 1.29 is 8.42 Å². The van der Waals surface area contributed by atoms with Crippen LogP contribution in [0.3, 0.4) is 0 Å². The first kappa shape index (κ1) is 16.3. The van der Waals surface area contributed by atoms with Crippen LogP contribution in [0.2, 0.25) is 0 Å². The lowest BCUT2D eigenvalue weighted by Gasteiger charge is -2.15. The Bertz CT molecular complexity index is 570. The van der Waals surface area contributed by atoms with Gasteiger partial charge in [-0.2, -0.15) is 0 Å². The molecule has 0 amide bonds. The van der Waals surface area contributed by atoms with Crippen LogP contribution in [0.25, 0.3) is 0 Å². The number of nitrogens with one attached hydrogen (secondary N) is 2. The molecule has 0 aromatic heterocycles. The minimum Gasteiger partial charge on any atom is -0.384 e. The molecule has 1 aromatic rings. The standard InChI is InChI=1S/C16H26N2O2S/c1-3-5-6-13(4-2)12-18-21(19,20)15-7-8-16-14(11-15)9-10-17-16/h7-8,11,13,17-18H,3-6,9-10,12H2,1-2H3. The molecule has 0 bridgehead atoms. The van der Waals surface area contributed by atoms with Crippen LogP contribution in [0, 0.1) is 5.92 Å². The van der Waals surface area contributed by atoms with Gasteiger partial charge < -0.3 is 5.32 Å². The number of benzene rings is 1. The number of fused-ring (bicyclic) bond motifs is 1. The summed E-state index contributed by atoms with van der Waals surface area (Å²) < 4.78 is 27.6. The lowest BCUT2D eigenvalue weighted by molar-refractivity contribution is 0.443. The first-order valence-corrected chi connectivity index (χ1v) is 9.41. The summed E-state index contributed by atoms with van der Waals surface area (Å²) >= 11 is 0. The monoisotopic (exact) mass is 310 g/mol. The van der Waals surface area contributed by atoms with Crippen molar-refractivity contribution in [2.45, 2.75) is 50.8 Å². The zero-order chi connectivity index (χ0) is 15.3. The number of sulfonamides is 1. The van der Waals surface area contributed by atoms with Crippen molar-refractivity contribution in [3.8, 4) is 0 Å². The smallest absolute Gasteiger partial charge is 0.240 e. The molecule has 0 saturated heterocycles. The van der Waals surface area contributed by atoms with Crippen LogP contribution in [0.4, 0.5) is 5.69 Å². The normalized spacial score (nSPS) is 15.5. The Morgan fingerprint density at radius 2 is 2.14 bits per heavy atom. The summed E-state index contributed by atoms with van der Waals surface area (Å²) in [4.78, 5) is 0.385. The second kappa shape index (κ2) is 7.27. The third-order valence-electron chi connectivity index (χ3n) is 4.20. The van der Waals surface area contributed by atoms with E-state index in [2.05, 4.69) is 23.9 Å². The molecule has 4 nitrogen and oxygen atoms in total. The number of anilines is 1. The van der Waals surface area contributed by atoms with Crippen LogP contribution in [-0.4, -0.2) is 21.5 Å².